The second-order valence-electron chi connectivity index (χ2n) is 1.54. The predicted octanol–water partition coefficient (Wildman–Crippen LogP) is 1.16. The van der Waals surface area contributed by atoms with E-state index in [1.165, 1.54) is 6.92 Å². The molecule has 0 fully saturated rings. The lowest BCUT2D eigenvalue weighted by atomic mass is 10.4. The predicted molar refractivity (Wildman–Crippen MR) is 31.2 cm³/mol. The highest BCUT2D eigenvalue weighted by atomic mass is 16.5. The minimum atomic E-state index is -0.202. The van der Waals surface area contributed by atoms with Crippen LogP contribution < -0.4 is 0 Å². The number of unbranched alkanes of at least 4 members (excludes halogenated alkanes) is 1. The van der Waals surface area contributed by atoms with Gasteiger partial charge in [-0.15, -0.1) is 0 Å². The van der Waals surface area contributed by atoms with Crippen molar-refractivity contribution in [3.63, 3.8) is 0 Å². The molecule has 0 aromatic rings. The fourth-order valence-electron chi connectivity index (χ4n) is 0.321. The van der Waals surface area contributed by atoms with Gasteiger partial charge in [-0.2, -0.15) is 0 Å². The molecule has 0 aliphatic rings. The van der Waals surface area contributed by atoms with Crippen LogP contribution in [0, 0.1) is 6.42 Å². The summed E-state index contributed by atoms with van der Waals surface area (Å²) in [5.74, 6) is -0.202. The van der Waals surface area contributed by atoms with Gasteiger partial charge in [0.25, 0.3) is 0 Å². The summed E-state index contributed by atoms with van der Waals surface area (Å²) in [6.45, 7) is 3.87. The van der Waals surface area contributed by atoms with Crippen LogP contribution in [0.5, 0.6) is 0 Å². The van der Waals surface area contributed by atoms with E-state index in [4.69, 9.17) is 0 Å². The molecule has 0 N–H and O–H groups in total. The van der Waals surface area contributed by atoms with E-state index < -0.39 is 0 Å². The monoisotopic (exact) mass is 115 g/mol. The largest absolute Gasteiger partial charge is 0.466 e. The fourth-order valence-corrected chi connectivity index (χ4v) is 0.321. The Hall–Kier alpha value is -0.530. The summed E-state index contributed by atoms with van der Waals surface area (Å²) < 4.78 is 4.61. The fraction of sp³-hybridized carbons (Fsp3) is 0.667. The molecule has 8 heavy (non-hydrogen) atoms. The van der Waals surface area contributed by atoms with Gasteiger partial charge in [-0.25, -0.2) is 0 Å². The van der Waals surface area contributed by atoms with E-state index in [1.54, 1.807) is 0 Å². The van der Waals surface area contributed by atoms with Crippen LogP contribution in [0.25, 0.3) is 0 Å². The number of carbonyl (C=O) groups excluding carboxylic acids is 1. The number of carbonyl (C=O) groups is 1. The lowest BCUT2D eigenvalue weighted by Gasteiger charge is -1.96. The van der Waals surface area contributed by atoms with Crippen molar-refractivity contribution in [2.75, 3.05) is 6.61 Å². The Balaban J connectivity index is 2.82. The highest BCUT2D eigenvalue weighted by Crippen LogP contribution is 1.85. The first-order valence-electron chi connectivity index (χ1n) is 2.68. The van der Waals surface area contributed by atoms with E-state index in [9.17, 15) is 4.79 Å². The molecule has 0 saturated heterocycles. The lowest BCUT2D eigenvalue weighted by molar-refractivity contribution is -0.140. The second kappa shape index (κ2) is 4.62. The van der Waals surface area contributed by atoms with Crippen molar-refractivity contribution in [2.45, 2.75) is 20.3 Å². The summed E-state index contributed by atoms with van der Waals surface area (Å²) in [5, 5.41) is 0. The Bertz CT molecular complexity index is 68.9. The van der Waals surface area contributed by atoms with E-state index in [2.05, 4.69) is 4.74 Å². The molecule has 0 bridgehead atoms. The zero-order chi connectivity index (χ0) is 6.41. The molecule has 47 valence electrons. The normalized spacial score (nSPS) is 8.75. The summed E-state index contributed by atoms with van der Waals surface area (Å²) in [6, 6.07) is 0. The van der Waals surface area contributed by atoms with E-state index in [-0.39, 0.29) is 5.97 Å². The van der Waals surface area contributed by atoms with Crippen molar-refractivity contribution in [2.24, 2.45) is 0 Å². The molecule has 0 atom stereocenters. The third-order valence-electron chi connectivity index (χ3n) is 0.712. The molecule has 0 heterocycles. The van der Waals surface area contributed by atoms with Crippen LogP contribution in [0.1, 0.15) is 20.3 Å². The number of esters is 1. The molecule has 0 amide bonds. The van der Waals surface area contributed by atoms with Crippen molar-refractivity contribution in [3.05, 3.63) is 6.42 Å². The summed E-state index contributed by atoms with van der Waals surface area (Å²) >= 11 is 0. The van der Waals surface area contributed by atoms with Crippen molar-refractivity contribution in [3.8, 4) is 0 Å². The van der Waals surface area contributed by atoms with Gasteiger partial charge in [0.05, 0.1) is 6.61 Å². The maximum absolute atomic E-state index is 10.1. The third kappa shape index (κ3) is 5.47. The molecule has 1 radical (unpaired) electrons. The lowest BCUT2D eigenvalue weighted by Crippen LogP contribution is -1.99. The summed E-state index contributed by atoms with van der Waals surface area (Å²) in [5.41, 5.74) is 0. The summed E-state index contributed by atoms with van der Waals surface area (Å²) in [4.78, 5) is 10.1. The van der Waals surface area contributed by atoms with Gasteiger partial charge < -0.3 is 4.74 Å². The van der Waals surface area contributed by atoms with Crippen LogP contribution in [-0.2, 0) is 9.53 Å². The molecule has 0 saturated carbocycles. The molecular formula is C6H11O2. The van der Waals surface area contributed by atoms with Gasteiger partial charge in [0.15, 0.2) is 0 Å². The van der Waals surface area contributed by atoms with Gasteiger partial charge in [-0.3, -0.25) is 4.79 Å². The van der Waals surface area contributed by atoms with Gasteiger partial charge >= 0.3 is 5.97 Å². The Morgan fingerprint density at radius 2 is 2.38 bits per heavy atom. The molecule has 0 rings (SSSR count). The quantitative estimate of drug-likeness (QED) is 0.407. The van der Waals surface area contributed by atoms with Gasteiger partial charge in [0, 0.05) is 6.92 Å². The number of hydrogen-bond donors (Lipinski definition) is 0. The SMILES string of the molecule is C[CH]CCOC(C)=O. The van der Waals surface area contributed by atoms with E-state index in [0.717, 1.165) is 6.42 Å². The van der Waals surface area contributed by atoms with Crippen LogP contribution in [0.3, 0.4) is 0 Å². The van der Waals surface area contributed by atoms with Crippen LogP contribution in [0.2, 0.25) is 0 Å². The molecule has 0 aromatic heterocycles. The van der Waals surface area contributed by atoms with Crippen LogP contribution in [-0.4, -0.2) is 12.6 Å². The van der Waals surface area contributed by atoms with E-state index in [0.29, 0.717) is 6.61 Å². The maximum atomic E-state index is 10.1. The Labute approximate surface area is 49.8 Å². The molecular weight excluding hydrogens is 104 g/mol. The van der Waals surface area contributed by atoms with Gasteiger partial charge in [-0.05, 0) is 12.8 Å². The van der Waals surface area contributed by atoms with Crippen molar-refractivity contribution in [1.82, 2.24) is 0 Å². The van der Waals surface area contributed by atoms with Crippen molar-refractivity contribution < 1.29 is 9.53 Å². The first-order valence-corrected chi connectivity index (χ1v) is 2.68. The topological polar surface area (TPSA) is 26.3 Å². The standard InChI is InChI=1S/C6H11O2/c1-3-4-5-8-6(2)7/h3H,4-5H2,1-2H3. The number of rotatable bonds is 3. The zero-order valence-electron chi connectivity index (χ0n) is 5.31. The highest BCUT2D eigenvalue weighted by molar-refractivity contribution is 5.65. The molecule has 0 unspecified atom stereocenters. The Kier molecular flexibility index (Phi) is 4.32. The third-order valence-corrected chi connectivity index (χ3v) is 0.712. The highest BCUT2D eigenvalue weighted by Gasteiger charge is 1.88. The first kappa shape index (κ1) is 7.47. The van der Waals surface area contributed by atoms with Crippen molar-refractivity contribution in [1.29, 1.82) is 0 Å². The van der Waals surface area contributed by atoms with Gasteiger partial charge in [-0.1, -0.05) is 6.92 Å². The number of ether oxygens (including phenoxy) is 1. The molecule has 0 aliphatic carbocycles. The molecule has 0 spiro atoms. The average Bonchev–Trinajstić information content (AvgIpc) is 1.66. The number of hydrogen-bond acceptors (Lipinski definition) is 2. The van der Waals surface area contributed by atoms with Crippen LogP contribution >= 0.6 is 0 Å². The first-order chi connectivity index (χ1) is 3.77. The van der Waals surface area contributed by atoms with E-state index in [1.807, 2.05) is 13.3 Å². The average molecular weight is 115 g/mol. The second-order valence-corrected chi connectivity index (χ2v) is 1.54. The maximum Gasteiger partial charge on any atom is 0.302 e. The van der Waals surface area contributed by atoms with Crippen LogP contribution in [0.4, 0.5) is 0 Å². The zero-order valence-corrected chi connectivity index (χ0v) is 5.31. The molecule has 2 heteroatoms. The van der Waals surface area contributed by atoms with Gasteiger partial charge in [0.2, 0.25) is 0 Å². The van der Waals surface area contributed by atoms with Crippen LogP contribution in [0.15, 0.2) is 0 Å². The van der Waals surface area contributed by atoms with Crippen molar-refractivity contribution >= 4 is 5.97 Å². The molecule has 0 aromatic carbocycles. The Morgan fingerprint density at radius 1 is 1.75 bits per heavy atom. The molecule has 2 nitrogen and oxygen atoms in total. The molecule has 0 aliphatic heterocycles. The minimum Gasteiger partial charge on any atom is -0.466 e. The summed E-state index contributed by atoms with van der Waals surface area (Å²) in [6.07, 6.45) is 2.81. The van der Waals surface area contributed by atoms with Gasteiger partial charge in [0.1, 0.15) is 0 Å². The summed E-state index contributed by atoms with van der Waals surface area (Å²) in [7, 11) is 0. The Morgan fingerprint density at radius 3 is 2.75 bits per heavy atom. The minimum absolute atomic E-state index is 0.202. The smallest absolute Gasteiger partial charge is 0.302 e. The van der Waals surface area contributed by atoms with E-state index >= 15 is 0 Å².